The predicted octanol–water partition coefficient (Wildman–Crippen LogP) is 2.22. The molecule has 0 saturated heterocycles. The summed E-state index contributed by atoms with van der Waals surface area (Å²) in [5, 5.41) is 11.5. The quantitative estimate of drug-likeness (QED) is 0.507. The van der Waals surface area contributed by atoms with E-state index in [4.69, 9.17) is 10.00 Å². The van der Waals surface area contributed by atoms with E-state index in [0.717, 1.165) is 0 Å². The number of hydrogen-bond acceptors (Lipinski definition) is 6. The standard InChI is InChI=1S/C20H14N6O3/c1-29-15-5-3-2-4-14(15)26-19-16(23-20(26)28)18(22-11-27)24-17(25-19)13-8-6-12(10-21)7-9-13/h2-9,11H,1H3,(H,23,28)(H,22,24,25,27). The molecule has 0 aliphatic rings. The number of para-hydroxylation sites is 2. The number of anilines is 1. The number of rotatable bonds is 5. The van der Waals surface area contributed by atoms with Gasteiger partial charge in [0.25, 0.3) is 0 Å². The maximum absolute atomic E-state index is 12.7. The van der Waals surface area contributed by atoms with E-state index in [2.05, 4.69) is 20.3 Å². The van der Waals surface area contributed by atoms with Gasteiger partial charge in [0.2, 0.25) is 6.41 Å². The molecule has 9 nitrogen and oxygen atoms in total. The summed E-state index contributed by atoms with van der Waals surface area (Å²) in [6.45, 7) is 0. The van der Waals surface area contributed by atoms with Crippen molar-refractivity contribution >= 4 is 23.4 Å². The molecule has 0 radical (unpaired) electrons. The molecule has 9 heteroatoms. The van der Waals surface area contributed by atoms with Crippen LogP contribution in [0.1, 0.15) is 5.56 Å². The third-order valence-electron chi connectivity index (χ3n) is 4.33. The Kier molecular flexibility index (Phi) is 4.50. The molecule has 29 heavy (non-hydrogen) atoms. The number of carbonyl (C=O) groups is 1. The zero-order valence-corrected chi connectivity index (χ0v) is 15.2. The first kappa shape index (κ1) is 17.9. The molecule has 2 aromatic heterocycles. The van der Waals surface area contributed by atoms with Gasteiger partial charge >= 0.3 is 5.69 Å². The fraction of sp³-hybridized carbons (Fsp3) is 0.0500. The normalized spacial score (nSPS) is 10.5. The van der Waals surface area contributed by atoms with E-state index in [1.165, 1.54) is 11.7 Å². The Bertz CT molecular complexity index is 1320. The van der Waals surface area contributed by atoms with Gasteiger partial charge in [0.05, 0.1) is 24.4 Å². The van der Waals surface area contributed by atoms with Gasteiger partial charge in [-0.3, -0.25) is 4.79 Å². The number of nitrogens with zero attached hydrogens (tertiary/aromatic N) is 4. The number of nitriles is 1. The molecule has 0 unspecified atom stereocenters. The van der Waals surface area contributed by atoms with Crippen molar-refractivity contribution < 1.29 is 9.53 Å². The Hall–Kier alpha value is -4.45. The number of aromatic nitrogens is 4. The smallest absolute Gasteiger partial charge is 0.332 e. The van der Waals surface area contributed by atoms with Gasteiger partial charge in [-0.15, -0.1) is 0 Å². The van der Waals surface area contributed by atoms with E-state index in [-0.39, 0.29) is 22.8 Å². The summed E-state index contributed by atoms with van der Waals surface area (Å²) in [5.74, 6) is 0.933. The topological polar surface area (TPSA) is 126 Å². The van der Waals surface area contributed by atoms with E-state index < -0.39 is 5.69 Å². The first-order valence-corrected chi connectivity index (χ1v) is 8.53. The first-order valence-electron chi connectivity index (χ1n) is 8.53. The lowest BCUT2D eigenvalue weighted by Crippen LogP contribution is -2.15. The molecule has 2 N–H and O–H groups in total. The Morgan fingerprint density at radius 3 is 2.62 bits per heavy atom. The Balaban J connectivity index is 2.02. The van der Waals surface area contributed by atoms with Gasteiger partial charge in [-0.1, -0.05) is 12.1 Å². The molecular weight excluding hydrogens is 372 g/mol. The van der Waals surface area contributed by atoms with Crippen LogP contribution in [0, 0.1) is 11.3 Å². The van der Waals surface area contributed by atoms with E-state index in [1.807, 2.05) is 6.07 Å². The van der Waals surface area contributed by atoms with E-state index >= 15 is 0 Å². The van der Waals surface area contributed by atoms with E-state index in [0.29, 0.717) is 29.0 Å². The molecule has 0 atom stereocenters. The van der Waals surface area contributed by atoms with Crippen molar-refractivity contribution in [3.63, 3.8) is 0 Å². The summed E-state index contributed by atoms with van der Waals surface area (Å²) in [4.78, 5) is 35.4. The van der Waals surface area contributed by atoms with Crippen LogP contribution in [0.4, 0.5) is 5.82 Å². The van der Waals surface area contributed by atoms with Gasteiger partial charge in [0.1, 0.15) is 11.3 Å². The van der Waals surface area contributed by atoms with Crippen molar-refractivity contribution in [2.24, 2.45) is 0 Å². The summed E-state index contributed by atoms with van der Waals surface area (Å²) >= 11 is 0. The summed E-state index contributed by atoms with van der Waals surface area (Å²) in [7, 11) is 1.51. The minimum Gasteiger partial charge on any atom is -0.495 e. The van der Waals surface area contributed by atoms with E-state index in [9.17, 15) is 9.59 Å². The summed E-state index contributed by atoms with van der Waals surface area (Å²) in [6, 6.07) is 15.7. The Morgan fingerprint density at radius 2 is 1.93 bits per heavy atom. The van der Waals surface area contributed by atoms with Crippen molar-refractivity contribution in [3.8, 4) is 28.9 Å². The second kappa shape index (κ2) is 7.28. The molecular formula is C20H14N6O3. The second-order valence-corrected chi connectivity index (χ2v) is 5.98. The molecule has 2 heterocycles. The molecule has 0 spiro atoms. The average molecular weight is 386 g/mol. The highest BCUT2D eigenvalue weighted by atomic mass is 16.5. The molecule has 4 aromatic rings. The van der Waals surface area contributed by atoms with Gasteiger partial charge in [-0.25, -0.2) is 19.3 Å². The Labute approximate surface area is 164 Å². The van der Waals surface area contributed by atoms with Crippen LogP contribution in [0.3, 0.4) is 0 Å². The molecule has 0 bridgehead atoms. The van der Waals surface area contributed by atoms with Crippen LogP contribution in [-0.2, 0) is 4.79 Å². The fourth-order valence-corrected chi connectivity index (χ4v) is 3.01. The van der Waals surface area contributed by atoms with E-state index in [1.54, 1.807) is 48.5 Å². The second-order valence-electron chi connectivity index (χ2n) is 5.98. The largest absolute Gasteiger partial charge is 0.495 e. The number of aromatic amines is 1. The maximum atomic E-state index is 12.7. The molecule has 1 amide bonds. The number of benzene rings is 2. The maximum Gasteiger partial charge on any atom is 0.332 e. The minimum absolute atomic E-state index is 0.162. The van der Waals surface area contributed by atoms with Crippen molar-refractivity contribution in [3.05, 3.63) is 64.6 Å². The number of nitrogens with one attached hydrogen (secondary N) is 2. The third-order valence-corrected chi connectivity index (χ3v) is 4.33. The highest BCUT2D eigenvalue weighted by molar-refractivity contribution is 5.91. The van der Waals surface area contributed by atoms with Crippen LogP contribution in [0.15, 0.2) is 53.3 Å². The SMILES string of the molecule is COc1ccccc1-n1c(=O)[nH]c2c(NC=O)nc(-c3ccc(C#N)cc3)nc21. The fourth-order valence-electron chi connectivity index (χ4n) is 3.01. The predicted molar refractivity (Wildman–Crippen MR) is 106 cm³/mol. The number of hydrogen-bond donors (Lipinski definition) is 2. The lowest BCUT2D eigenvalue weighted by Gasteiger charge is -2.10. The van der Waals surface area contributed by atoms with Crippen LogP contribution < -0.4 is 15.7 Å². The van der Waals surface area contributed by atoms with Crippen molar-refractivity contribution in [2.45, 2.75) is 0 Å². The van der Waals surface area contributed by atoms with Crippen molar-refractivity contribution in [1.82, 2.24) is 19.5 Å². The molecule has 4 rings (SSSR count). The highest BCUT2D eigenvalue weighted by Crippen LogP contribution is 2.27. The number of fused-ring (bicyclic) bond motifs is 1. The summed E-state index contributed by atoms with van der Waals surface area (Å²) in [6.07, 6.45) is 0.475. The van der Waals surface area contributed by atoms with Gasteiger partial charge in [0.15, 0.2) is 17.3 Å². The lowest BCUT2D eigenvalue weighted by atomic mass is 10.1. The number of amides is 1. The van der Waals surface area contributed by atoms with Gasteiger partial charge in [0, 0.05) is 5.56 Å². The van der Waals surface area contributed by atoms with Gasteiger partial charge in [-0.05, 0) is 36.4 Å². The number of methoxy groups -OCH3 is 1. The molecule has 142 valence electrons. The van der Waals surface area contributed by atoms with Gasteiger partial charge in [-0.2, -0.15) is 5.26 Å². The zero-order valence-electron chi connectivity index (χ0n) is 15.2. The average Bonchev–Trinajstić information content (AvgIpc) is 3.09. The summed E-state index contributed by atoms with van der Waals surface area (Å²) < 4.78 is 6.73. The molecule has 0 aliphatic heterocycles. The molecule has 0 saturated carbocycles. The zero-order chi connectivity index (χ0) is 20.4. The number of ether oxygens (including phenoxy) is 1. The summed E-state index contributed by atoms with van der Waals surface area (Å²) in [5.41, 5.74) is 1.72. The Morgan fingerprint density at radius 1 is 1.17 bits per heavy atom. The monoisotopic (exact) mass is 386 g/mol. The molecule has 0 fully saturated rings. The van der Waals surface area contributed by atoms with Crippen LogP contribution in [0.2, 0.25) is 0 Å². The molecule has 0 aliphatic carbocycles. The van der Waals surface area contributed by atoms with Gasteiger partial charge < -0.3 is 15.0 Å². The third kappa shape index (κ3) is 3.08. The van der Waals surface area contributed by atoms with Crippen LogP contribution in [0.25, 0.3) is 28.2 Å². The van der Waals surface area contributed by atoms with Crippen molar-refractivity contribution in [2.75, 3.05) is 12.4 Å². The first-order chi connectivity index (χ1) is 14.2. The number of carbonyl (C=O) groups excluding carboxylic acids is 1. The van der Waals surface area contributed by atoms with Crippen molar-refractivity contribution in [1.29, 1.82) is 5.26 Å². The number of imidazole rings is 1. The molecule has 2 aromatic carbocycles. The van der Waals surface area contributed by atoms with Crippen LogP contribution >= 0.6 is 0 Å². The van der Waals surface area contributed by atoms with Crippen LogP contribution in [0.5, 0.6) is 5.75 Å². The lowest BCUT2D eigenvalue weighted by molar-refractivity contribution is -0.105. The van der Waals surface area contributed by atoms with Crippen LogP contribution in [-0.4, -0.2) is 33.0 Å². The number of H-pyrrole nitrogens is 1. The highest BCUT2D eigenvalue weighted by Gasteiger charge is 2.19. The minimum atomic E-state index is -0.454.